The number of hydrogen-bond acceptors (Lipinski definition) is 2. The number of nitrogens with one attached hydrogen (secondary N) is 1. The number of ether oxygens (including phenoxy) is 1. The average Bonchev–Trinajstić information content (AvgIpc) is 2.33. The molecule has 1 heterocycles. The Labute approximate surface area is 117 Å². The molecule has 2 aliphatic rings. The Balaban J connectivity index is 1.75. The minimum absolute atomic E-state index is 0.253. The van der Waals surface area contributed by atoms with Gasteiger partial charge in [-0.15, -0.1) is 0 Å². The van der Waals surface area contributed by atoms with Crippen molar-refractivity contribution < 1.29 is 9.53 Å². The van der Waals surface area contributed by atoms with Crippen molar-refractivity contribution in [2.75, 3.05) is 13.2 Å². The maximum absolute atomic E-state index is 12.1. The number of amides is 1. The Hall–Kier alpha value is -0.570. The molecule has 1 aliphatic carbocycles. The summed E-state index contributed by atoms with van der Waals surface area (Å²) in [5.41, 5.74) is 0.446. The lowest BCUT2D eigenvalue weighted by molar-refractivity contribution is -0.124. The van der Waals surface area contributed by atoms with Crippen LogP contribution >= 0.6 is 0 Å². The molecule has 0 aromatic heterocycles. The summed E-state index contributed by atoms with van der Waals surface area (Å²) < 4.78 is 5.34. The van der Waals surface area contributed by atoms with Gasteiger partial charge >= 0.3 is 0 Å². The summed E-state index contributed by atoms with van der Waals surface area (Å²) in [6.07, 6.45) is 6.35. The van der Waals surface area contributed by atoms with Gasteiger partial charge in [-0.2, -0.15) is 0 Å². The first-order valence-electron chi connectivity index (χ1n) is 7.83. The van der Waals surface area contributed by atoms with Crippen LogP contribution in [0.25, 0.3) is 0 Å². The molecule has 0 aromatic rings. The minimum atomic E-state index is 0.253. The van der Waals surface area contributed by atoms with Gasteiger partial charge in [0.25, 0.3) is 0 Å². The van der Waals surface area contributed by atoms with Crippen molar-refractivity contribution in [2.24, 2.45) is 17.3 Å². The van der Waals surface area contributed by atoms with Crippen LogP contribution in [0.1, 0.15) is 59.3 Å². The van der Waals surface area contributed by atoms with E-state index in [4.69, 9.17) is 4.74 Å². The third-order valence-corrected chi connectivity index (χ3v) is 4.85. The zero-order valence-corrected chi connectivity index (χ0v) is 12.7. The van der Waals surface area contributed by atoms with Gasteiger partial charge in [-0.3, -0.25) is 4.79 Å². The molecular formula is C16H29NO2. The van der Waals surface area contributed by atoms with Gasteiger partial charge in [0.1, 0.15) is 0 Å². The second-order valence-corrected chi connectivity index (χ2v) is 7.32. The highest BCUT2D eigenvalue weighted by Gasteiger charge is 2.33. The molecule has 0 aromatic carbocycles. The van der Waals surface area contributed by atoms with Crippen molar-refractivity contribution in [2.45, 2.75) is 65.3 Å². The largest absolute Gasteiger partial charge is 0.381 e. The quantitative estimate of drug-likeness (QED) is 0.853. The van der Waals surface area contributed by atoms with Crippen LogP contribution in [0.5, 0.6) is 0 Å². The van der Waals surface area contributed by atoms with E-state index in [9.17, 15) is 4.79 Å². The topological polar surface area (TPSA) is 38.3 Å². The van der Waals surface area contributed by atoms with Gasteiger partial charge in [0.15, 0.2) is 0 Å². The Kier molecular flexibility index (Phi) is 4.88. The van der Waals surface area contributed by atoms with Crippen molar-refractivity contribution in [1.82, 2.24) is 5.32 Å². The van der Waals surface area contributed by atoms with Crippen molar-refractivity contribution in [3.63, 3.8) is 0 Å². The van der Waals surface area contributed by atoms with Gasteiger partial charge in [-0.05, 0) is 49.4 Å². The first kappa shape index (κ1) is 14.8. The summed E-state index contributed by atoms with van der Waals surface area (Å²) in [5.74, 6) is 1.38. The van der Waals surface area contributed by atoms with Crippen LogP contribution in [-0.2, 0) is 9.53 Å². The van der Waals surface area contributed by atoms with E-state index < -0.39 is 0 Å². The summed E-state index contributed by atoms with van der Waals surface area (Å²) in [4.78, 5) is 12.1. The summed E-state index contributed by atoms with van der Waals surface area (Å²) >= 11 is 0. The van der Waals surface area contributed by atoms with Crippen molar-refractivity contribution in [3.8, 4) is 0 Å². The van der Waals surface area contributed by atoms with Crippen LogP contribution in [0.15, 0.2) is 0 Å². The smallest absolute Gasteiger partial charge is 0.220 e. The monoisotopic (exact) mass is 267 g/mol. The predicted octanol–water partition coefficient (Wildman–Crippen LogP) is 3.13. The number of carbonyl (C=O) groups excluding carboxylic acids is 1. The third kappa shape index (κ3) is 4.48. The first-order chi connectivity index (χ1) is 8.96. The molecule has 1 saturated heterocycles. The fourth-order valence-electron chi connectivity index (χ4n) is 3.64. The maximum Gasteiger partial charge on any atom is 0.220 e. The second kappa shape index (κ2) is 6.25. The predicted molar refractivity (Wildman–Crippen MR) is 76.9 cm³/mol. The molecule has 19 heavy (non-hydrogen) atoms. The average molecular weight is 267 g/mol. The van der Waals surface area contributed by atoms with E-state index in [1.54, 1.807) is 0 Å². The molecule has 2 rings (SSSR count). The zero-order valence-electron chi connectivity index (χ0n) is 12.7. The Morgan fingerprint density at radius 3 is 2.58 bits per heavy atom. The van der Waals surface area contributed by atoms with Crippen LogP contribution in [0.2, 0.25) is 0 Å². The van der Waals surface area contributed by atoms with E-state index in [2.05, 4.69) is 26.1 Å². The number of carbonyl (C=O) groups is 1. The van der Waals surface area contributed by atoms with Crippen LogP contribution in [0, 0.1) is 17.3 Å². The lowest BCUT2D eigenvalue weighted by Gasteiger charge is -2.39. The molecular weight excluding hydrogens is 238 g/mol. The molecule has 0 spiro atoms. The Morgan fingerprint density at radius 1 is 1.26 bits per heavy atom. The third-order valence-electron chi connectivity index (χ3n) is 4.85. The standard InChI is InChI=1S/C16H29NO2/c1-12-11-16(2,3)7-4-14(12)17-15(18)10-13-5-8-19-9-6-13/h12-14H,4-11H2,1-3H3,(H,17,18). The molecule has 3 nitrogen and oxygen atoms in total. The molecule has 2 fully saturated rings. The SMILES string of the molecule is CC1CC(C)(C)CCC1NC(=O)CC1CCOCC1. The van der Waals surface area contributed by atoms with E-state index in [1.807, 2.05) is 0 Å². The molecule has 0 bridgehead atoms. The van der Waals surface area contributed by atoms with E-state index in [-0.39, 0.29) is 5.91 Å². The van der Waals surface area contributed by atoms with Crippen molar-refractivity contribution in [1.29, 1.82) is 0 Å². The molecule has 1 N–H and O–H groups in total. The highest BCUT2D eigenvalue weighted by Crippen LogP contribution is 2.38. The molecule has 110 valence electrons. The van der Waals surface area contributed by atoms with Crippen LogP contribution in [0.4, 0.5) is 0 Å². The lowest BCUT2D eigenvalue weighted by atomic mass is 9.70. The molecule has 1 saturated carbocycles. The number of hydrogen-bond donors (Lipinski definition) is 1. The van der Waals surface area contributed by atoms with Crippen LogP contribution < -0.4 is 5.32 Å². The summed E-state index contributed by atoms with van der Waals surface area (Å²) in [6.45, 7) is 8.60. The highest BCUT2D eigenvalue weighted by molar-refractivity contribution is 5.76. The molecule has 2 unspecified atom stereocenters. The molecule has 1 aliphatic heterocycles. The molecule has 3 heteroatoms. The Morgan fingerprint density at radius 2 is 1.95 bits per heavy atom. The van der Waals surface area contributed by atoms with Gasteiger partial charge in [-0.25, -0.2) is 0 Å². The van der Waals surface area contributed by atoms with E-state index in [0.717, 1.165) is 32.5 Å². The van der Waals surface area contributed by atoms with E-state index >= 15 is 0 Å². The molecule has 0 radical (unpaired) electrons. The number of rotatable bonds is 3. The van der Waals surface area contributed by atoms with Crippen molar-refractivity contribution >= 4 is 5.91 Å². The fraction of sp³-hybridized carbons (Fsp3) is 0.938. The highest BCUT2D eigenvalue weighted by atomic mass is 16.5. The van der Waals surface area contributed by atoms with Gasteiger partial charge in [-0.1, -0.05) is 20.8 Å². The van der Waals surface area contributed by atoms with E-state index in [0.29, 0.717) is 29.7 Å². The maximum atomic E-state index is 12.1. The van der Waals surface area contributed by atoms with Gasteiger partial charge in [0.05, 0.1) is 0 Å². The zero-order chi connectivity index (χ0) is 13.9. The van der Waals surface area contributed by atoms with Crippen molar-refractivity contribution in [3.05, 3.63) is 0 Å². The van der Waals surface area contributed by atoms with Gasteiger partial charge in [0, 0.05) is 25.7 Å². The van der Waals surface area contributed by atoms with Crippen LogP contribution in [-0.4, -0.2) is 25.2 Å². The van der Waals surface area contributed by atoms with Gasteiger partial charge < -0.3 is 10.1 Å². The second-order valence-electron chi connectivity index (χ2n) is 7.32. The summed E-state index contributed by atoms with van der Waals surface area (Å²) in [6, 6.07) is 0.389. The summed E-state index contributed by atoms with van der Waals surface area (Å²) in [5, 5.41) is 3.27. The van der Waals surface area contributed by atoms with E-state index in [1.165, 1.54) is 12.8 Å². The lowest BCUT2D eigenvalue weighted by Crippen LogP contribution is -2.45. The molecule has 2 atom stereocenters. The first-order valence-corrected chi connectivity index (χ1v) is 7.83. The van der Waals surface area contributed by atoms with Crippen LogP contribution in [0.3, 0.4) is 0 Å². The minimum Gasteiger partial charge on any atom is -0.381 e. The molecule has 1 amide bonds. The van der Waals surface area contributed by atoms with Gasteiger partial charge in [0.2, 0.25) is 5.91 Å². The summed E-state index contributed by atoms with van der Waals surface area (Å²) in [7, 11) is 0. The Bertz CT molecular complexity index is 308. The fourth-order valence-corrected chi connectivity index (χ4v) is 3.64. The normalized spacial score (nSPS) is 31.9.